The van der Waals surface area contributed by atoms with Gasteiger partial charge in [-0.1, -0.05) is 18.6 Å². The zero-order valence-electron chi connectivity index (χ0n) is 14.4. The Morgan fingerprint density at radius 2 is 2.04 bits per heavy atom. The van der Waals surface area contributed by atoms with Crippen molar-refractivity contribution >= 4 is 23.7 Å². The van der Waals surface area contributed by atoms with Gasteiger partial charge in [0, 0.05) is 24.9 Å². The molecule has 134 valence electrons. The Morgan fingerprint density at radius 1 is 1.20 bits per heavy atom. The van der Waals surface area contributed by atoms with Crippen LogP contribution < -0.4 is 10.1 Å². The molecule has 0 aliphatic heterocycles. The van der Waals surface area contributed by atoms with Crippen molar-refractivity contribution in [1.82, 2.24) is 5.32 Å². The van der Waals surface area contributed by atoms with Crippen LogP contribution in [0.4, 0.5) is 0 Å². The second kappa shape index (κ2) is 9.61. The van der Waals surface area contributed by atoms with Crippen LogP contribution >= 0.6 is 0 Å². The van der Waals surface area contributed by atoms with E-state index in [2.05, 4.69) is 10.1 Å². The van der Waals surface area contributed by atoms with Crippen LogP contribution in [0.25, 0.3) is 6.08 Å². The van der Waals surface area contributed by atoms with Crippen LogP contribution in [0, 0.1) is 0 Å². The lowest BCUT2D eigenvalue weighted by Gasteiger charge is -2.12. The Kier molecular flexibility index (Phi) is 7.19. The number of carbonyl (C=O) groups excluding carboxylic acids is 3. The number of ether oxygens (including phenoxy) is 2. The quantitative estimate of drug-likeness (QED) is 0.549. The van der Waals surface area contributed by atoms with Gasteiger partial charge in [0.2, 0.25) is 0 Å². The number of esters is 1. The van der Waals surface area contributed by atoms with Crippen molar-refractivity contribution in [2.75, 3.05) is 20.3 Å². The number of unbranched alkanes of at least 4 members (excludes halogenated alkanes) is 2. The first-order valence-electron chi connectivity index (χ1n) is 8.40. The van der Waals surface area contributed by atoms with Gasteiger partial charge in [-0.25, -0.2) is 0 Å². The molecule has 0 radical (unpaired) electrons. The highest BCUT2D eigenvalue weighted by molar-refractivity contribution is 6.02. The molecule has 0 heterocycles. The lowest BCUT2D eigenvalue weighted by molar-refractivity contribution is -0.140. The number of nitrogens with one attached hydrogen (secondary N) is 1. The van der Waals surface area contributed by atoms with E-state index in [4.69, 9.17) is 4.74 Å². The van der Waals surface area contributed by atoms with Crippen LogP contribution in [0.3, 0.4) is 0 Å². The van der Waals surface area contributed by atoms with Gasteiger partial charge in [0.25, 0.3) is 5.91 Å². The topological polar surface area (TPSA) is 81.7 Å². The molecule has 0 saturated heterocycles. The maximum Gasteiger partial charge on any atom is 0.305 e. The molecular weight excluding hydrogens is 322 g/mol. The van der Waals surface area contributed by atoms with Crippen molar-refractivity contribution in [3.63, 3.8) is 0 Å². The summed E-state index contributed by atoms with van der Waals surface area (Å²) in [6.07, 6.45) is 6.94. The van der Waals surface area contributed by atoms with Crippen molar-refractivity contribution < 1.29 is 23.9 Å². The minimum atomic E-state index is -0.209. The van der Waals surface area contributed by atoms with Gasteiger partial charge in [-0.15, -0.1) is 0 Å². The minimum absolute atomic E-state index is 0.0708. The van der Waals surface area contributed by atoms with E-state index in [0.717, 1.165) is 24.8 Å². The van der Waals surface area contributed by atoms with E-state index >= 15 is 0 Å². The van der Waals surface area contributed by atoms with Crippen LogP contribution in [-0.4, -0.2) is 37.9 Å². The predicted molar refractivity (Wildman–Crippen MR) is 93.4 cm³/mol. The van der Waals surface area contributed by atoms with Crippen LogP contribution in [0.2, 0.25) is 0 Å². The maximum atomic E-state index is 11.8. The molecule has 0 saturated carbocycles. The molecule has 0 atom stereocenters. The Morgan fingerprint density at radius 3 is 2.84 bits per heavy atom. The van der Waals surface area contributed by atoms with Crippen molar-refractivity contribution in [3.05, 3.63) is 35.4 Å². The summed E-state index contributed by atoms with van der Waals surface area (Å²) in [6, 6.07) is 5.20. The maximum absolute atomic E-state index is 11.8. The molecule has 25 heavy (non-hydrogen) atoms. The number of Topliss-reactive ketones (excluding diaryl/α,β-unsaturated/α-hetero) is 1. The summed E-state index contributed by atoms with van der Waals surface area (Å²) < 4.78 is 10.0. The van der Waals surface area contributed by atoms with Crippen LogP contribution in [0.15, 0.2) is 24.3 Å². The molecule has 0 fully saturated rings. The third-order valence-electron chi connectivity index (χ3n) is 3.90. The number of ketones is 1. The van der Waals surface area contributed by atoms with Gasteiger partial charge < -0.3 is 14.8 Å². The fourth-order valence-corrected chi connectivity index (χ4v) is 2.53. The molecule has 6 nitrogen and oxygen atoms in total. The van der Waals surface area contributed by atoms with Gasteiger partial charge in [0.05, 0.1) is 7.11 Å². The lowest BCUT2D eigenvalue weighted by Crippen LogP contribution is -2.29. The minimum Gasteiger partial charge on any atom is -0.484 e. The highest BCUT2D eigenvalue weighted by atomic mass is 16.5. The van der Waals surface area contributed by atoms with E-state index in [1.54, 1.807) is 18.2 Å². The van der Waals surface area contributed by atoms with Gasteiger partial charge >= 0.3 is 5.97 Å². The summed E-state index contributed by atoms with van der Waals surface area (Å²) in [5.74, 6) is 0.247. The fourth-order valence-electron chi connectivity index (χ4n) is 2.53. The molecular formula is C19H23NO5. The number of hydrogen-bond donors (Lipinski definition) is 1. The molecule has 1 N–H and O–H groups in total. The van der Waals surface area contributed by atoms with Crippen LogP contribution in [0.1, 0.15) is 48.0 Å². The average Bonchev–Trinajstić information content (AvgIpc) is 2.62. The largest absolute Gasteiger partial charge is 0.484 e. The van der Waals surface area contributed by atoms with Gasteiger partial charge in [-0.05, 0) is 36.6 Å². The normalized spacial score (nSPS) is 12.4. The molecule has 1 amide bonds. The number of amides is 1. The fraction of sp³-hybridized carbons (Fsp3) is 0.421. The summed E-state index contributed by atoms with van der Waals surface area (Å²) in [4.78, 5) is 34.4. The number of hydrogen-bond acceptors (Lipinski definition) is 5. The summed E-state index contributed by atoms with van der Waals surface area (Å²) >= 11 is 0. The van der Waals surface area contributed by atoms with E-state index in [9.17, 15) is 14.4 Å². The Balaban J connectivity index is 1.65. The first kappa shape index (κ1) is 18.7. The number of methoxy groups -OCH3 is 1. The third-order valence-corrected chi connectivity index (χ3v) is 3.90. The number of rotatable bonds is 9. The zero-order valence-corrected chi connectivity index (χ0v) is 14.4. The smallest absolute Gasteiger partial charge is 0.305 e. The number of allylic oxidation sites excluding steroid dienone is 1. The summed E-state index contributed by atoms with van der Waals surface area (Å²) in [6.45, 7) is 0.476. The van der Waals surface area contributed by atoms with Crippen molar-refractivity contribution in [3.8, 4) is 5.75 Å². The van der Waals surface area contributed by atoms with Crippen molar-refractivity contribution in [2.45, 2.75) is 32.1 Å². The second-order valence-electron chi connectivity index (χ2n) is 5.80. The van der Waals surface area contributed by atoms with Gasteiger partial charge in [-0.2, -0.15) is 0 Å². The second-order valence-corrected chi connectivity index (χ2v) is 5.80. The zero-order chi connectivity index (χ0) is 18.1. The summed E-state index contributed by atoms with van der Waals surface area (Å²) in [5.41, 5.74) is 1.51. The first-order chi connectivity index (χ1) is 12.1. The van der Waals surface area contributed by atoms with E-state index in [0.29, 0.717) is 30.7 Å². The molecule has 1 aliphatic carbocycles. The summed E-state index contributed by atoms with van der Waals surface area (Å²) in [5, 5.41) is 2.78. The Labute approximate surface area is 147 Å². The predicted octanol–water partition coefficient (Wildman–Crippen LogP) is 2.51. The average molecular weight is 345 g/mol. The number of carbonyl (C=O) groups is 3. The van der Waals surface area contributed by atoms with Crippen LogP contribution in [-0.2, 0) is 14.3 Å². The van der Waals surface area contributed by atoms with E-state index < -0.39 is 0 Å². The molecule has 1 aliphatic rings. The molecule has 0 unspecified atom stereocenters. The van der Waals surface area contributed by atoms with Crippen molar-refractivity contribution in [2.24, 2.45) is 0 Å². The standard InChI is InChI=1S/C19H23NO5/c1-24-19(23)8-3-2-4-11-20-18(22)13-25-15-9-10-16-14(12-15)6-5-7-17(16)21/h5-6,9-10,12H,2-4,7-8,11,13H2,1H3,(H,20,22). The molecule has 0 spiro atoms. The number of benzene rings is 1. The first-order valence-corrected chi connectivity index (χ1v) is 8.40. The van der Waals surface area contributed by atoms with Crippen molar-refractivity contribution in [1.29, 1.82) is 0 Å². The van der Waals surface area contributed by atoms with E-state index in [1.165, 1.54) is 7.11 Å². The monoisotopic (exact) mass is 345 g/mol. The Hall–Kier alpha value is -2.63. The lowest BCUT2D eigenvalue weighted by atomic mass is 9.96. The van der Waals surface area contributed by atoms with Gasteiger partial charge in [-0.3, -0.25) is 14.4 Å². The molecule has 0 bridgehead atoms. The molecule has 6 heteroatoms. The Bertz CT molecular complexity index is 666. The highest BCUT2D eigenvalue weighted by Gasteiger charge is 2.13. The molecule has 1 aromatic rings. The SMILES string of the molecule is COC(=O)CCCCCNC(=O)COc1ccc2c(c1)C=CCC2=O. The third kappa shape index (κ3) is 6.06. The van der Waals surface area contributed by atoms with E-state index in [-0.39, 0.29) is 24.3 Å². The van der Waals surface area contributed by atoms with Gasteiger partial charge in [0.15, 0.2) is 12.4 Å². The summed E-state index contributed by atoms with van der Waals surface area (Å²) in [7, 11) is 1.37. The molecule has 2 rings (SSSR count). The van der Waals surface area contributed by atoms with Crippen LogP contribution in [0.5, 0.6) is 5.75 Å². The highest BCUT2D eigenvalue weighted by Crippen LogP contribution is 2.24. The number of fused-ring (bicyclic) bond motifs is 1. The van der Waals surface area contributed by atoms with Gasteiger partial charge in [0.1, 0.15) is 5.75 Å². The van der Waals surface area contributed by atoms with E-state index in [1.807, 2.05) is 12.2 Å². The molecule has 0 aromatic heterocycles. The molecule has 1 aromatic carbocycles.